The van der Waals surface area contributed by atoms with Crippen molar-refractivity contribution < 1.29 is 0 Å². The molecule has 9 rings (SSSR count). The summed E-state index contributed by atoms with van der Waals surface area (Å²) in [6.07, 6.45) is 0. The van der Waals surface area contributed by atoms with Crippen molar-refractivity contribution in [1.29, 1.82) is 0 Å². The molecule has 0 aliphatic rings. The van der Waals surface area contributed by atoms with E-state index in [1.807, 2.05) is 6.07 Å². The molecule has 0 saturated heterocycles. The summed E-state index contributed by atoms with van der Waals surface area (Å²) in [6.45, 7) is 0. The van der Waals surface area contributed by atoms with Gasteiger partial charge in [-0.2, -0.15) is 0 Å². The molecule has 0 heterocycles. The number of benzene rings is 9. The van der Waals surface area contributed by atoms with Crippen LogP contribution in [0.4, 0.5) is 0 Å². The third kappa shape index (κ3) is 5.06. The standard InChI is InChI=1S/C46H25B5/c47-42-40(43(48)45(50)46(51)44(42)49)32-24-30-12-3-4-15-33(30)38(25-32)41-36-18-7-5-16-34(36)39(35-17-6-8-19-37(35)41)31-14-9-13-28(23-31)29-21-20-26-10-1-2-11-27(26)22-29/h1-25H. The molecule has 9 aromatic carbocycles. The predicted molar refractivity (Wildman–Crippen MR) is 225 cm³/mol. The van der Waals surface area contributed by atoms with E-state index in [-0.39, 0.29) is 16.4 Å². The zero-order valence-corrected chi connectivity index (χ0v) is 27.8. The van der Waals surface area contributed by atoms with Gasteiger partial charge in [0.1, 0.15) is 39.2 Å². The van der Waals surface area contributed by atoms with E-state index in [4.69, 9.17) is 39.2 Å². The van der Waals surface area contributed by atoms with Crippen molar-refractivity contribution in [1.82, 2.24) is 0 Å². The van der Waals surface area contributed by atoms with E-state index >= 15 is 0 Å². The first-order chi connectivity index (χ1) is 24.9. The highest BCUT2D eigenvalue weighted by Gasteiger charge is 2.20. The summed E-state index contributed by atoms with van der Waals surface area (Å²) >= 11 is 0. The summed E-state index contributed by atoms with van der Waals surface area (Å²) in [4.78, 5) is 0. The Balaban J connectivity index is 1.34. The van der Waals surface area contributed by atoms with Crippen LogP contribution < -0.4 is 27.3 Å². The lowest BCUT2D eigenvalue weighted by Crippen LogP contribution is -2.55. The monoisotopic (exact) mass is 632 g/mol. The number of hydrogen-bond acceptors (Lipinski definition) is 0. The molecule has 51 heavy (non-hydrogen) atoms. The van der Waals surface area contributed by atoms with Gasteiger partial charge in [-0.1, -0.05) is 138 Å². The zero-order valence-electron chi connectivity index (χ0n) is 27.8. The van der Waals surface area contributed by atoms with Crippen molar-refractivity contribution in [3.63, 3.8) is 0 Å². The van der Waals surface area contributed by atoms with Gasteiger partial charge in [0.25, 0.3) is 0 Å². The van der Waals surface area contributed by atoms with Crippen molar-refractivity contribution in [3.8, 4) is 44.5 Å². The lowest BCUT2D eigenvalue weighted by molar-refractivity contribution is 1.63. The minimum absolute atomic E-state index is 0.201. The molecule has 0 amide bonds. The van der Waals surface area contributed by atoms with E-state index < -0.39 is 0 Å². The normalized spacial score (nSPS) is 11.5. The topological polar surface area (TPSA) is 0 Å². The summed E-state index contributed by atoms with van der Waals surface area (Å²) in [5.74, 6) is 0. The van der Waals surface area contributed by atoms with E-state index in [0.717, 1.165) is 54.6 Å². The molecular weight excluding hydrogens is 607 g/mol. The van der Waals surface area contributed by atoms with E-state index in [9.17, 15) is 0 Å². The maximum atomic E-state index is 6.62. The Morgan fingerprint density at radius 1 is 0.255 bits per heavy atom. The molecule has 10 radical (unpaired) electrons. The second-order valence-electron chi connectivity index (χ2n) is 13.2. The summed E-state index contributed by atoms with van der Waals surface area (Å²) in [5, 5.41) is 9.21. The molecule has 0 fully saturated rings. The minimum atomic E-state index is 0.201. The maximum Gasteiger partial charge on any atom is 0.113 e. The van der Waals surface area contributed by atoms with Gasteiger partial charge in [-0.25, -0.2) is 0 Å². The van der Waals surface area contributed by atoms with Gasteiger partial charge in [0.05, 0.1) is 0 Å². The average Bonchev–Trinajstić information content (AvgIpc) is 3.18. The fourth-order valence-corrected chi connectivity index (χ4v) is 7.78. The summed E-state index contributed by atoms with van der Waals surface area (Å²) in [7, 11) is 32.1. The summed E-state index contributed by atoms with van der Waals surface area (Å²) in [6, 6.07) is 54.0. The maximum absolute atomic E-state index is 6.62. The van der Waals surface area contributed by atoms with Crippen LogP contribution in [0, 0.1) is 0 Å². The van der Waals surface area contributed by atoms with Crippen molar-refractivity contribution in [3.05, 3.63) is 152 Å². The van der Waals surface area contributed by atoms with Crippen molar-refractivity contribution in [2.75, 3.05) is 0 Å². The lowest BCUT2D eigenvalue weighted by atomic mass is 9.59. The fraction of sp³-hybridized carbons (Fsp3) is 0. The molecule has 0 bridgehead atoms. The second-order valence-corrected chi connectivity index (χ2v) is 13.2. The van der Waals surface area contributed by atoms with Gasteiger partial charge in [-0.15, -0.1) is 16.4 Å². The number of hydrogen-bond donors (Lipinski definition) is 0. The molecule has 0 aliphatic carbocycles. The van der Waals surface area contributed by atoms with Crippen molar-refractivity contribution in [2.45, 2.75) is 0 Å². The Morgan fingerprint density at radius 3 is 1.37 bits per heavy atom. The molecule has 0 N–H and O–H groups in total. The van der Waals surface area contributed by atoms with Crippen LogP contribution >= 0.6 is 0 Å². The van der Waals surface area contributed by atoms with Crippen LogP contribution in [-0.2, 0) is 0 Å². The molecule has 0 saturated carbocycles. The van der Waals surface area contributed by atoms with Crippen molar-refractivity contribution in [2.24, 2.45) is 0 Å². The summed E-state index contributed by atoms with van der Waals surface area (Å²) in [5.41, 5.74) is 9.60. The smallest absolute Gasteiger partial charge is 0.112 e. The first-order valence-electron chi connectivity index (χ1n) is 17.0. The van der Waals surface area contributed by atoms with Crippen molar-refractivity contribution >= 4 is 110 Å². The van der Waals surface area contributed by atoms with Crippen LogP contribution in [0.15, 0.2) is 152 Å². The number of rotatable bonds is 4. The van der Waals surface area contributed by atoms with Gasteiger partial charge in [-0.3, -0.25) is 0 Å². The van der Waals surface area contributed by atoms with E-state index in [1.165, 1.54) is 27.5 Å². The highest BCUT2D eigenvalue weighted by Crippen LogP contribution is 2.46. The zero-order chi connectivity index (χ0) is 34.8. The second kappa shape index (κ2) is 12.3. The van der Waals surface area contributed by atoms with Gasteiger partial charge in [-0.05, 0) is 112 Å². The largest absolute Gasteiger partial charge is 0.113 e. The van der Waals surface area contributed by atoms with Gasteiger partial charge < -0.3 is 0 Å². The first-order valence-corrected chi connectivity index (χ1v) is 17.0. The first kappa shape index (κ1) is 31.3. The van der Waals surface area contributed by atoms with Gasteiger partial charge in [0, 0.05) is 0 Å². The molecule has 0 spiro atoms. The Bertz CT molecular complexity index is 2790. The highest BCUT2D eigenvalue weighted by atomic mass is 14.2. The highest BCUT2D eigenvalue weighted by molar-refractivity contribution is 6.68. The predicted octanol–water partition coefficient (Wildman–Crippen LogP) is 6.94. The molecule has 0 nitrogen and oxygen atoms in total. The van der Waals surface area contributed by atoms with Crippen LogP contribution in [0.2, 0.25) is 0 Å². The van der Waals surface area contributed by atoms with Crippen LogP contribution in [-0.4, -0.2) is 39.2 Å². The van der Waals surface area contributed by atoms with E-state index in [0.29, 0.717) is 16.5 Å². The Morgan fingerprint density at radius 2 is 0.725 bits per heavy atom. The van der Waals surface area contributed by atoms with Crippen LogP contribution in [0.5, 0.6) is 0 Å². The van der Waals surface area contributed by atoms with Crippen LogP contribution in [0.3, 0.4) is 0 Å². The molecule has 0 aromatic heterocycles. The molecule has 224 valence electrons. The molecule has 0 atom stereocenters. The molecule has 0 unspecified atom stereocenters. The molecule has 0 aliphatic heterocycles. The minimum Gasteiger partial charge on any atom is -0.112 e. The average molecular weight is 632 g/mol. The Hall–Kier alpha value is -5.66. The lowest BCUT2D eigenvalue weighted by Gasteiger charge is -2.23. The quantitative estimate of drug-likeness (QED) is 0.146. The SMILES string of the molecule is [B]c1c([B])c([B])c(-c2cc(-c3c4ccccc4c(-c4cccc(-c5ccc6ccccc6c5)c4)c4ccccc34)c3ccccc3c2)c([B])c1[B]. The van der Waals surface area contributed by atoms with Gasteiger partial charge in [0.15, 0.2) is 0 Å². The van der Waals surface area contributed by atoms with E-state index in [2.05, 4.69) is 146 Å². The number of fused-ring (bicyclic) bond motifs is 4. The fourth-order valence-electron chi connectivity index (χ4n) is 7.78. The van der Waals surface area contributed by atoms with Crippen LogP contribution in [0.25, 0.3) is 87.6 Å². The van der Waals surface area contributed by atoms with E-state index in [1.54, 1.807) is 0 Å². The third-order valence-electron chi connectivity index (χ3n) is 10.3. The molecule has 5 heteroatoms. The molecular formula is C46H25B5. The third-order valence-corrected chi connectivity index (χ3v) is 10.3. The Labute approximate surface area is 304 Å². The molecule has 9 aromatic rings. The summed E-state index contributed by atoms with van der Waals surface area (Å²) < 4.78 is 0. The van der Waals surface area contributed by atoms with Gasteiger partial charge in [0.2, 0.25) is 0 Å². The Kier molecular flexibility index (Phi) is 7.55. The van der Waals surface area contributed by atoms with Crippen LogP contribution in [0.1, 0.15) is 0 Å². The van der Waals surface area contributed by atoms with Gasteiger partial charge >= 0.3 is 0 Å².